The van der Waals surface area contributed by atoms with Crippen LogP contribution in [0.25, 0.3) is 0 Å². The van der Waals surface area contributed by atoms with Gasteiger partial charge in [0.05, 0.1) is 6.10 Å². The van der Waals surface area contributed by atoms with Crippen LogP contribution < -0.4 is 0 Å². The summed E-state index contributed by atoms with van der Waals surface area (Å²) in [7, 11) is 0. The molecule has 0 spiro atoms. The Morgan fingerprint density at radius 3 is 2.14 bits per heavy atom. The Morgan fingerprint density at radius 2 is 1.45 bits per heavy atom. The molecule has 4 fully saturated rings. The summed E-state index contributed by atoms with van der Waals surface area (Å²) in [6.07, 6.45) is 38.1. The number of hydrogen-bond donors (Lipinski definition) is 3. The monoisotopic (exact) mass is 893 g/mol. The van der Waals surface area contributed by atoms with E-state index in [4.69, 9.17) is 14.2 Å². The van der Waals surface area contributed by atoms with Crippen LogP contribution in [0.15, 0.2) is 48.1 Å². The number of fused-ring (bicyclic) bond motifs is 5. The van der Waals surface area contributed by atoms with Crippen LogP contribution in [0.2, 0.25) is 0 Å². The zero-order chi connectivity index (χ0) is 46.1. The van der Waals surface area contributed by atoms with Gasteiger partial charge in [-0.2, -0.15) is 0 Å². The van der Waals surface area contributed by atoms with Crippen LogP contribution in [0.4, 0.5) is 0 Å². The van der Waals surface area contributed by atoms with Gasteiger partial charge in [0, 0.05) is 6.42 Å². The van der Waals surface area contributed by atoms with Crippen molar-refractivity contribution in [2.24, 2.45) is 52.3 Å². The quantitative estimate of drug-likeness (QED) is 0.0428. The van der Waals surface area contributed by atoms with Crippen molar-refractivity contribution in [3.63, 3.8) is 0 Å². The second-order valence-corrected chi connectivity index (χ2v) is 22.2. The van der Waals surface area contributed by atoms with E-state index in [1.54, 1.807) is 0 Å². The summed E-state index contributed by atoms with van der Waals surface area (Å²) in [5, 5.41) is 32.6. The normalized spacial score (nSPS) is 35.1. The topological polar surface area (TPSA) is 105 Å². The van der Waals surface area contributed by atoms with Crippen molar-refractivity contribution < 1.29 is 34.3 Å². The third kappa shape index (κ3) is 14.4. The first kappa shape index (κ1) is 53.2. The summed E-state index contributed by atoms with van der Waals surface area (Å²) in [5.41, 5.74) is 2.12. The standard InChI is InChI=1S/C57H96O7/c1-8-10-11-12-13-14-15-16-17-18-19-20-21-22-23-24-25-26-27-28-51(58)62-40-50-52(59)53(60)54(61)55(64-50)63-45-35-37-56(6)44(39-45)31-32-46-48-34-33-47(57(48,7)38-36-49(46)56)42(5)29-30-43(9-2)41(3)4/h10-11,13-14,16-17,31,41-43,45-50,52-55,59-61H,8-9,12,15,18-30,32-40H2,1-7H3/b11-10-,14-13-,17-16-/t42-,43-,45+,46+,47-,48+,49+,50?,52-,53?,54?,55-,56+,57-/m1/s1. The molecule has 64 heavy (non-hydrogen) atoms. The molecule has 3 saturated carbocycles. The van der Waals surface area contributed by atoms with Gasteiger partial charge in [0.1, 0.15) is 31.0 Å². The van der Waals surface area contributed by atoms with Crippen molar-refractivity contribution in [3.8, 4) is 0 Å². The number of allylic oxidation sites excluding steroid dienone is 7. The van der Waals surface area contributed by atoms with Crippen LogP contribution in [0.1, 0.15) is 209 Å². The van der Waals surface area contributed by atoms with Crippen molar-refractivity contribution in [1.29, 1.82) is 0 Å². The predicted octanol–water partition coefficient (Wildman–Crippen LogP) is 13.5. The summed E-state index contributed by atoms with van der Waals surface area (Å²) in [6, 6.07) is 0. The lowest BCUT2D eigenvalue weighted by Gasteiger charge is -2.58. The lowest BCUT2D eigenvalue weighted by molar-refractivity contribution is -0.313. The number of hydrogen-bond acceptors (Lipinski definition) is 7. The smallest absolute Gasteiger partial charge is 0.305 e. The van der Waals surface area contributed by atoms with E-state index >= 15 is 0 Å². The molecule has 0 amide bonds. The SMILES string of the molecule is CC/C=C\C/C=C\C/C=C\CCCCCCCCCCCC(=O)OCC1O[C@@H](O[C@H]2CC[C@@]3(C)C(=CC[C@H]4[C@@H]5CC[C@H]([C@H](C)CC[C@@H](CC)C(C)C)[C@@]5(C)CC[C@@H]43)C2)C(O)C(O)[C@@H]1O. The highest BCUT2D eigenvalue weighted by Gasteiger charge is 2.59. The molecule has 0 aromatic heterocycles. The molecule has 0 aromatic rings. The van der Waals surface area contributed by atoms with Crippen LogP contribution in [0.5, 0.6) is 0 Å². The average Bonchev–Trinajstić information content (AvgIpc) is 3.64. The van der Waals surface area contributed by atoms with E-state index in [1.165, 1.54) is 95.5 Å². The van der Waals surface area contributed by atoms with E-state index in [9.17, 15) is 20.1 Å². The summed E-state index contributed by atoms with van der Waals surface area (Å²) < 4.78 is 18.1. The molecule has 3 unspecified atom stereocenters. The Kier molecular flexibility index (Phi) is 22.2. The maximum atomic E-state index is 12.7. The van der Waals surface area contributed by atoms with Gasteiger partial charge in [-0.3, -0.25) is 4.79 Å². The van der Waals surface area contributed by atoms with Gasteiger partial charge in [0.15, 0.2) is 6.29 Å². The molecule has 7 nitrogen and oxygen atoms in total. The summed E-state index contributed by atoms with van der Waals surface area (Å²) in [6.45, 7) is 16.9. The number of esters is 1. The maximum absolute atomic E-state index is 12.7. The molecule has 1 heterocycles. The van der Waals surface area contributed by atoms with Gasteiger partial charge in [-0.25, -0.2) is 0 Å². The molecule has 0 bridgehead atoms. The molecule has 7 heteroatoms. The van der Waals surface area contributed by atoms with Gasteiger partial charge < -0.3 is 29.5 Å². The Hall–Kier alpha value is -1.77. The largest absolute Gasteiger partial charge is 0.463 e. The van der Waals surface area contributed by atoms with E-state index in [1.807, 2.05) is 0 Å². The lowest BCUT2D eigenvalue weighted by Crippen LogP contribution is -2.60. The summed E-state index contributed by atoms with van der Waals surface area (Å²) >= 11 is 0. The van der Waals surface area contributed by atoms with Gasteiger partial charge in [-0.05, 0) is 149 Å². The molecule has 0 radical (unpaired) electrons. The number of ether oxygens (including phenoxy) is 3. The third-order valence-corrected chi connectivity index (χ3v) is 17.7. The first-order valence-electron chi connectivity index (χ1n) is 27.0. The molecular formula is C57H96O7. The molecule has 0 aromatic carbocycles. The minimum absolute atomic E-state index is 0.146. The third-order valence-electron chi connectivity index (χ3n) is 17.7. The average molecular weight is 893 g/mol. The van der Waals surface area contributed by atoms with Crippen molar-refractivity contribution in [2.45, 2.75) is 246 Å². The Labute approximate surface area is 391 Å². The van der Waals surface area contributed by atoms with Crippen molar-refractivity contribution >= 4 is 5.97 Å². The van der Waals surface area contributed by atoms with Crippen LogP contribution in [0, 0.1) is 52.3 Å². The maximum Gasteiger partial charge on any atom is 0.305 e. The Morgan fingerprint density at radius 1 is 0.781 bits per heavy atom. The zero-order valence-corrected chi connectivity index (χ0v) is 41.9. The van der Waals surface area contributed by atoms with Gasteiger partial charge in [0.2, 0.25) is 0 Å². The molecule has 366 valence electrons. The van der Waals surface area contributed by atoms with Crippen molar-refractivity contribution in [2.75, 3.05) is 6.61 Å². The van der Waals surface area contributed by atoms with Gasteiger partial charge in [-0.1, -0.05) is 154 Å². The molecular weight excluding hydrogens is 797 g/mol. The fraction of sp³-hybridized carbons (Fsp3) is 0.842. The van der Waals surface area contributed by atoms with E-state index < -0.39 is 30.7 Å². The van der Waals surface area contributed by atoms with E-state index in [-0.39, 0.29) is 24.1 Å². The van der Waals surface area contributed by atoms with Gasteiger partial charge in [-0.15, -0.1) is 0 Å². The Bertz CT molecular complexity index is 1480. The molecule has 4 aliphatic carbocycles. The van der Waals surface area contributed by atoms with E-state index in [0.717, 1.165) is 99.7 Å². The minimum atomic E-state index is -1.45. The second-order valence-electron chi connectivity index (χ2n) is 22.2. The first-order valence-corrected chi connectivity index (χ1v) is 27.0. The molecule has 1 saturated heterocycles. The van der Waals surface area contributed by atoms with Crippen LogP contribution in [-0.2, 0) is 19.0 Å². The molecule has 3 N–H and O–H groups in total. The van der Waals surface area contributed by atoms with Gasteiger partial charge in [0.25, 0.3) is 0 Å². The number of carbonyl (C=O) groups excluding carboxylic acids is 1. The fourth-order valence-corrected chi connectivity index (χ4v) is 13.6. The second kappa shape index (κ2) is 26.7. The highest BCUT2D eigenvalue weighted by Crippen LogP contribution is 2.67. The zero-order valence-electron chi connectivity index (χ0n) is 41.9. The molecule has 14 atom stereocenters. The van der Waals surface area contributed by atoms with E-state index in [2.05, 4.69) is 91.0 Å². The molecule has 5 aliphatic rings. The number of carbonyl (C=O) groups is 1. The number of aliphatic hydroxyl groups is 3. The Balaban J connectivity index is 0.973. The fourth-order valence-electron chi connectivity index (χ4n) is 13.6. The number of rotatable bonds is 27. The highest BCUT2D eigenvalue weighted by molar-refractivity contribution is 5.69. The van der Waals surface area contributed by atoms with Crippen LogP contribution >= 0.6 is 0 Å². The highest BCUT2D eigenvalue weighted by atomic mass is 16.7. The lowest BCUT2D eigenvalue weighted by atomic mass is 9.47. The number of unbranched alkanes of at least 4 members (excludes halogenated alkanes) is 9. The van der Waals surface area contributed by atoms with Crippen molar-refractivity contribution in [1.82, 2.24) is 0 Å². The van der Waals surface area contributed by atoms with E-state index in [0.29, 0.717) is 17.8 Å². The van der Waals surface area contributed by atoms with Crippen LogP contribution in [0.3, 0.4) is 0 Å². The molecule has 1 aliphatic heterocycles. The predicted molar refractivity (Wildman–Crippen MR) is 262 cm³/mol. The summed E-state index contributed by atoms with van der Waals surface area (Å²) in [4.78, 5) is 12.7. The first-order chi connectivity index (χ1) is 30.8. The van der Waals surface area contributed by atoms with Crippen molar-refractivity contribution in [3.05, 3.63) is 48.1 Å². The minimum Gasteiger partial charge on any atom is -0.463 e. The summed E-state index contributed by atoms with van der Waals surface area (Å²) in [5.74, 6) is 5.20. The number of aliphatic hydroxyl groups excluding tert-OH is 3. The van der Waals surface area contributed by atoms with Crippen LogP contribution in [-0.4, -0.2) is 64.7 Å². The molecule has 5 rings (SSSR count). The van der Waals surface area contributed by atoms with Gasteiger partial charge >= 0.3 is 5.97 Å².